The van der Waals surface area contributed by atoms with Gasteiger partial charge in [-0.05, 0) is 50.5 Å². The van der Waals surface area contributed by atoms with Crippen LogP contribution in [-0.2, 0) is 11.8 Å². The van der Waals surface area contributed by atoms with Crippen LogP contribution in [0.3, 0.4) is 0 Å². The van der Waals surface area contributed by atoms with E-state index in [1.54, 1.807) is 19.3 Å². The van der Waals surface area contributed by atoms with Crippen molar-refractivity contribution in [1.82, 2.24) is 19.7 Å². The molecule has 0 aromatic carbocycles. The molecule has 1 atom stereocenters. The number of rotatable bonds is 5. The molecule has 4 aliphatic rings. The quantitative estimate of drug-likeness (QED) is 0.703. The molecule has 33 heavy (non-hydrogen) atoms. The van der Waals surface area contributed by atoms with Crippen LogP contribution >= 0.6 is 0 Å². The van der Waals surface area contributed by atoms with Crippen LogP contribution in [-0.4, -0.2) is 51.2 Å². The summed E-state index contributed by atoms with van der Waals surface area (Å²) in [6.07, 6.45) is 8.22. The third kappa shape index (κ3) is 3.79. The molecule has 170 valence electrons. The number of carbonyl (C=O) groups excluding carboxylic acids is 1. The van der Waals surface area contributed by atoms with Crippen molar-refractivity contribution in [1.29, 1.82) is 5.26 Å². The van der Waals surface area contributed by atoms with Gasteiger partial charge in [0, 0.05) is 55.7 Å². The first-order chi connectivity index (χ1) is 16.0. The number of hydrogen-bond acceptors (Lipinski definition) is 6. The average Bonchev–Trinajstić information content (AvgIpc) is 3.68. The number of pyridine rings is 1. The maximum atomic E-state index is 12.9. The van der Waals surface area contributed by atoms with E-state index in [1.807, 2.05) is 6.07 Å². The van der Waals surface area contributed by atoms with Crippen molar-refractivity contribution in [2.45, 2.75) is 50.5 Å². The highest BCUT2D eigenvalue weighted by molar-refractivity contribution is 5.82. The predicted octanol–water partition coefficient (Wildman–Crippen LogP) is 2.43. The monoisotopic (exact) mass is 444 g/mol. The van der Waals surface area contributed by atoms with Gasteiger partial charge in [-0.3, -0.25) is 9.59 Å². The molecular weight excluding hydrogens is 416 g/mol. The maximum absolute atomic E-state index is 12.9. The van der Waals surface area contributed by atoms with Crippen LogP contribution < -0.4 is 10.5 Å². The lowest BCUT2D eigenvalue weighted by Gasteiger charge is -2.43. The molecule has 4 fully saturated rings. The van der Waals surface area contributed by atoms with Gasteiger partial charge in [0.2, 0.25) is 5.91 Å². The average molecular weight is 445 g/mol. The summed E-state index contributed by atoms with van der Waals surface area (Å²) >= 11 is 0. The number of amides is 1. The third-order valence-corrected chi connectivity index (χ3v) is 7.49. The molecule has 8 nitrogen and oxygen atoms in total. The van der Waals surface area contributed by atoms with E-state index >= 15 is 0 Å². The molecule has 1 amide bonds. The van der Waals surface area contributed by atoms with Gasteiger partial charge in [-0.25, -0.2) is 9.67 Å². The summed E-state index contributed by atoms with van der Waals surface area (Å²) < 4.78 is 1.30. The summed E-state index contributed by atoms with van der Waals surface area (Å²) in [6, 6.07) is 6.02. The lowest BCUT2D eigenvalue weighted by atomic mass is 10.00. The van der Waals surface area contributed by atoms with E-state index in [4.69, 9.17) is 4.98 Å². The van der Waals surface area contributed by atoms with Crippen LogP contribution in [0.2, 0.25) is 0 Å². The fraction of sp³-hybridized carbons (Fsp3) is 0.560. The Kier molecular flexibility index (Phi) is 4.75. The predicted molar refractivity (Wildman–Crippen MR) is 123 cm³/mol. The smallest absolute Gasteiger partial charge is 0.267 e. The maximum Gasteiger partial charge on any atom is 0.267 e. The van der Waals surface area contributed by atoms with Crippen molar-refractivity contribution in [3.05, 3.63) is 39.9 Å². The van der Waals surface area contributed by atoms with Gasteiger partial charge < -0.3 is 9.80 Å². The molecule has 8 heteroatoms. The van der Waals surface area contributed by atoms with E-state index in [9.17, 15) is 14.9 Å². The fourth-order valence-electron chi connectivity index (χ4n) is 5.08. The minimum absolute atomic E-state index is 0.180. The normalized spacial score (nSPS) is 22.8. The van der Waals surface area contributed by atoms with Gasteiger partial charge in [0.05, 0.1) is 23.5 Å². The van der Waals surface area contributed by atoms with E-state index in [0.717, 1.165) is 49.3 Å². The van der Waals surface area contributed by atoms with Crippen LogP contribution in [0.5, 0.6) is 0 Å². The molecule has 0 bridgehead atoms. The van der Waals surface area contributed by atoms with Gasteiger partial charge in [0.25, 0.3) is 5.56 Å². The molecule has 0 N–H and O–H groups in total. The Bertz CT molecular complexity index is 1220. The Morgan fingerprint density at radius 3 is 2.55 bits per heavy atom. The van der Waals surface area contributed by atoms with Gasteiger partial charge in [0.1, 0.15) is 11.9 Å². The van der Waals surface area contributed by atoms with Crippen molar-refractivity contribution in [3.63, 3.8) is 0 Å². The largest absolute Gasteiger partial charge is 0.352 e. The molecule has 3 saturated carbocycles. The van der Waals surface area contributed by atoms with Crippen LogP contribution in [0.15, 0.2) is 23.1 Å². The zero-order valence-electron chi connectivity index (χ0n) is 18.9. The zero-order valence-corrected chi connectivity index (χ0v) is 18.9. The molecule has 0 radical (unpaired) electrons. The minimum atomic E-state index is -0.180. The van der Waals surface area contributed by atoms with Crippen LogP contribution in [0.1, 0.15) is 55.7 Å². The molecule has 6 rings (SSSR count). The number of anilines is 1. The Balaban J connectivity index is 1.36. The first kappa shape index (κ1) is 20.4. The lowest BCUT2D eigenvalue weighted by molar-refractivity contribution is -0.135. The molecule has 2 aromatic rings. The number of hydrogen-bond donors (Lipinski definition) is 0. The second kappa shape index (κ2) is 7.68. The van der Waals surface area contributed by atoms with Crippen molar-refractivity contribution >= 4 is 11.7 Å². The first-order valence-corrected chi connectivity index (χ1v) is 12.1. The van der Waals surface area contributed by atoms with Gasteiger partial charge >= 0.3 is 0 Å². The molecule has 0 spiro atoms. The summed E-state index contributed by atoms with van der Waals surface area (Å²) in [7, 11) is 1.62. The molecule has 3 heterocycles. The highest BCUT2D eigenvalue weighted by atomic mass is 16.2. The highest BCUT2D eigenvalue weighted by Gasteiger charge is 2.45. The Morgan fingerprint density at radius 1 is 1.12 bits per heavy atom. The summed E-state index contributed by atoms with van der Waals surface area (Å²) in [5, 5.41) is 14.2. The molecule has 2 aromatic heterocycles. The van der Waals surface area contributed by atoms with Gasteiger partial charge in [0.15, 0.2) is 0 Å². The minimum Gasteiger partial charge on any atom is -0.352 e. The number of nitrogens with zero attached hydrogens (tertiary/aromatic N) is 6. The van der Waals surface area contributed by atoms with E-state index in [1.165, 1.54) is 17.5 Å². The van der Waals surface area contributed by atoms with Crippen LogP contribution in [0.4, 0.5) is 5.82 Å². The SMILES string of the molecule is Cn1ncc(-c2cc(C#N)c(N3CCN(C(=O)C4CC4)[C@H](C4CC4)C3)nc2C2CC2)cc1=O. The van der Waals surface area contributed by atoms with E-state index in [-0.39, 0.29) is 17.5 Å². The van der Waals surface area contributed by atoms with Gasteiger partial charge in [-0.15, -0.1) is 0 Å². The molecule has 1 saturated heterocycles. The zero-order chi connectivity index (χ0) is 22.7. The summed E-state index contributed by atoms with van der Waals surface area (Å²) in [6.45, 7) is 2.13. The third-order valence-electron chi connectivity index (χ3n) is 7.49. The van der Waals surface area contributed by atoms with Gasteiger partial charge in [-0.1, -0.05) is 0 Å². The number of aryl methyl sites for hydroxylation is 1. The Labute approximate surface area is 192 Å². The summed E-state index contributed by atoms with van der Waals surface area (Å²) in [4.78, 5) is 34.5. The lowest BCUT2D eigenvalue weighted by Crippen LogP contribution is -2.57. The van der Waals surface area contributed by atoms with Crippen LogP contribution in [0, 0.1) is 23.2 Å². The topological polar surface area (TPSA) is 95.1 Å². The summed E-state index contributed by atoms with van der Waals surface area (Å²) in [5.41, 5.74) is 2.85. The van der Waals surface area contributed by atoms with E-state index in [0.29, 0.717) is 42.0 Å². The Hall–Kier alpha value is -3.21. The Morgan fingerprint density at radius 2 is 1.91 bits per heavy atom. The standard InChI is InChI=1S/C25H28N6O2/c1-29-22(32)11-19(13-27-29)20-10-18(12-26)24(28-23(20)16-4-5-16)30-8-9-31(25(33)17-6-7-17)21(14-30)15-2-3-15/h10-11,13,15-17,21H,2-9,14H2,1H3/t21-/m0/s1. The molecule has 1 aliphatic heterocycles. The van der Waals surface area contributed by atoms with Crippen molar-refractivity contribution < 1.29 is 4.79 Å². The van der Waals surface area contributed by atoms with Gasteiger partial charge in [-0.2, -0.15) is 10.4 Å². The van der Waals surface area contributed by atoms with Crippen molar-refractivity contribution in [3.8, 4) is 17.2 Å². The number of aromatic nitrogens is 3. The molecule has 0 unspecified atom stereocenters. The van der Waals surface area contributed by atoms with Crippen molar-refractivity contribution in [2.75, 3.05) is 24.5 Å². The second-order valence-corrected chi connectivity index (χ2v) is 10.0. The van der Waals surface area contributed by atoms with E-state index < -0.39 is 0 Å². The number of piperazine rings is 1. The number of carbonyl (C=O) groups is 1. The fourth-order valence-corrected chi connectivity index (χ4v) is 5.08. The first-order valence-electron chi connectivity index (χ1n) is 12.1. The second-order valence-electron chi connectivity index (χ2n) is 10.0. The van der Waals surface area contributed by atoms with Crippen molar-refractivity contribution in [2.24, 2.45) is 18.9 Å². The molecular formula is C25H28N6O2. The number of nitriles is 1. The van der Waals surface area contributed by atoms with E-state index in [2.05, 4.69) is 21.0 Å². The highest BCUT2D eigenvalue weighted by Crippen LogP contribution is 2.45. The summed E-state index contributed by atoms with van der Waals surface area (Å²) in [5.74, 6) is 2.21. The van der Waals surface area contributed by atoms with Crippen LogP contribution in [0.25, 0.3) is 11.1 Å². The molecule has 3 aliphatic carbocycles.